The minimum Gasteiger partial charge on any atom is -0.313 e. The molecule has 0 saturated carbocycles. The molecule has 3 aromatic heterocycles. The van der Waals surface area contributed by atoms with Gasteiger partial charge in [0.05, 0.1) is 27.0 Å². The third-order valence-electron chi connectivity index (χ3n) is 8.21. The van der Waals surface area contributed by atoms with Gasteiger partial charge >= 0.3 is 0 Å². The molecule has 2 amide bonds. The number of thiophene rings is 3. The Labute approximate surface area is 270 Å². The molecule has 0 N–H and O–H groups in total. The first-order chi connectivity index (χ1) is 20.5. The Hall–Kier alpha value is -2.21. The molecule has 0 radical (unpaired) electrons. The Morgan fingerprint density at radius 3 is 2.14 bits per heavy atom. The summed E-state index contributed by atoms with van der Waals surface area (Å²) in [5.41, 5.74) is 2.76. The van der Waals surface area contributed by atoms with E-state index in [1.165, 1.54) is 24.4 Å². The number of carbonyl (C=O) groups excluding carboxylic acids is 2. The maximum absolute atomic E-state index is 13.8. The van der Waals surface area contributed by atoms with Crippen LogP contribution >= 0.6 is 69.3 Å². The lowest BCUT2D eigenvalue weighted by Gasteiger charge is -2.23. The van der Waals surface area contributed by atoms with E-state index in [9.17, 15) is 9.59 Å². The van der Waals surface area contributed by atoms with E-state index >= 15 is 0 Å². The number of hydrogen-bond donors (Lipinski definition) is 0. The number of rotatable bonds is 6. The number of fused-ring (bicyclic) bond motifs is 1. The lowest BCUT2D eigenvalue weighted by molar-refractivity contribution is -0.123. The fourth-order valence-corrected chi connectivity index (χ4v) is 13.2. The summed E-state index contributed by atoms with van der Waals surface area (Å²) in [4.78, 5) is 39.5. The molecule has 0 bridgehead atoms. The van der Waals surface area contributed by atoms with E-state index in [4.69, 9.17) is 0 Å². The molecule has 0 aromatic carbocycles. The Bertz CT molecular complexity index is 1780. The van der Waals surface area contributed by atoms with Crippen molar-refractivity contribution in [2.24, 2.45) is 0 Å². The van der Waals surface area contributed by atoms with Crippen LogP contribution in [-0.4, -0.2) is 51.5 Å². The molecule has 8 rings (SSSR count). The molecule has 0 fully saturated rings. The summed E-state index contributed by atoms with van der Waals surface area (Å²) in [5.74, 6) is -0.152. The molecule has 0 saturated heterocycles. The lowest BCUT2D eigenvalue weighted by atomic mass is 10.1. The maximum atomic E-state index is 13.8. The van der Waals surface area contributed by atoms with Gasteiger partial charge in [0, 0.05) is 59.6 Å². The van der Waals surface area contributed by atoms with E-state index in [1.807, 2.05) is 49.4 Å². The van der Waals surface area contributed by atoms with Crippen molar-refractivity contribution in [2.45, 2.75) is 35.0 Å². The SMILES string of the molecule is CN1C(=O)C2=C(C3CC=C(C4=CCC(C5CC=CS5)S4)S3)N(C)C(=O)C2=C1c1ccc(-c2ccc(-c3cccs3)s2)s1. The van der Waals surface area contributed by atoms with Gasteiger partial charge in [-0.15, -0.1) is 69.3 Å². The van der Waals surface area contributed by atoms with Crippen LogP contribution in [0.15, 0.2) is 92.1 Å². The van der Waals surface area contributed by atoms with Crippen LogP contribution in [0.2, 0.25) is 0 Å². The molecule has 10 heteroatoms. The van der Waals surface area contributed by atoms with Crippen LogP contribution in [0.4, 0.5) is 0 Å². The average Bonchev–Trinajstić information content (AvgIpc) is 3.83. The second-order valence-corrected chi connectivity index (χ2v) is 17.5. The highest BCUT2D eigenvalue weighted by Crippen LogP contribution is 2.54. The standard InChI is InChI=1S/C32H26N2O2S6/c1-33-29(25-13-11-23(41-25)21-9-7-19(39-21)17-5-3-15-37-17)27-28(31(33)35)30(34(2)32(27)36)26-14-12-24(42-26)22-10-8-20(40-22)18-6-4-16-38-18/h3-5,7,9-13,15-16,18,20,26H,6,8,14H2,1-2H3. The predicted octanol–water partition coefficient (Wildman–Crippen LogP) is 8.91. The van der Waals surface area contributed by atoms with Gasteiger partial charge in [-0.3, -0.25) is 9.59 Å². The number of thioether (sulfide) groups is 3. The van der Waals surface area contributed by atoms with Crippen molar-refractivity contribution in [2.75, 3.05) is 14.1 Å². The Kier molecular flexibility index (Phi) is 7.00. The van der Waals surface area contributed by atoms with E-state index in [0.29, 0.717) is 21.6 Å². The minimum atomic E-state index is -0.0758. The summed E-state index contributed by atoms with van der Waals surface area (Å²) in [6, 6.07) is 12.7. The van der Waals surface area contributed by atoms with E-state index < -0.39 is 0 Å². The van der Waals surface area contributed by atoms with Crippen LogP contribution in [0, 0.1) is 0 Å². The molecule has 8 heterocycles. The number of allylic oxidation sites excluding steroid dienone is 3. The van der Waals surface area contributed by atoms with Gasteiger partial charge in [-0.2, -0.15) is 0 Å². The average molecular weight is 663 g/mol. The summed E-state index contributed by atoms with van der Waals surface area (Å²) < 4.78 is 0. The molecule has 212 valence electrons. The predicted molar refractivity (Wildman–Crippen MR) is 184 cm³/mol. The fraction of sp³-hybridized carbons (Fsp3) is 0.250. The van der Waals surface area contributed by atoms with Gasteiger partial charge in [-0.25, -0.2) is 0 Å². The van der Waals surface area contributed by atoms with Crippen LogP contribution in [-0.2, 0) is 9.59 Å². The zero-order valence-electron chi connectivity index (χ0n) is 22.9. The molecule has 3 aromatic rings. The summed E-state index contributed by atoms with van der Waals surface area (Å²) in [6.07, 6.45) is 10.1. The normalized spacial score (nSPS) is 25.5. The Morgan fingerprint density at radius 2 is 1.40 bits per heavy atom. The first-order valence-corrected chi connectivity index (χ1v) is 19.0. The van der Waals surface area contributed by atoms with E-state index in [1.54, 1.807) is 43.8 Å². The van der Waals surface area contributed by atoms with Gasteiger partial charge in [-0.05, 0) is 60.4 Å². The Balaban J connectivity index is 1.07. The molecular weight excluding hydrogens is 637 g/mol. The highest BCUT2D eigenvalue weighted by Gasteiger charge is 2.49. The third-order valence-corrected chi connectivity index (χ3v) is 16.0. The third kappa shape index (κ3) is 4.40. The topological polar surface area (TPSA) is 40.6 Å². The molecule has 4 nitrogen and oxygen atoms in total. The molecule has 5 aliphatic rings. The molecule has 0 aliphatic carbocycles. The Morgan fingerprint density at radius 1 is 0.714 bits per heavy atom. The van der Waals surface area contributed by atoms with Crippen molar-refractivity contribution in [1.82, 2.24) is 9.80 Å². The second kappa shape index (κ2) is 10.7. The van der Waals surface area contributed by atoms with Gasteiger partial charge in [0.25, 0.3) is 11.8 Å². The van der Waals surface area contributed by atoms with Gasteiger partial charge in [0.1, 0.15) is 0 Å². The number of nitrogens with zero attached hydrogens (tertiary/aromatic N) is 2. The van der Waals surface area contributed by atoms with E-state index in [0.717, 1.165) is 40.4 Å². The van der Waals surface area contributed by atoms with Crippen LogP contribution in [0.25, 0.3) is 25.2 Å². The number of amides is 2. The van der Waals surface area contributed by atoms with Gasteiger partial charge < -0.3 is 9.80 Å². The van der Waals surface area contributed by atoms with E-state index in [-0.39, 0.29) is 17.1 Å². The summed E-state index contributed by atoms with van der Waals surface area (Å²) in [7, 11) is 3.64. The fourth-order valence-electron chi connectivity index (χ4n) is 6.14. The first-order valence-electron chi connectivity index (χ1n) is 13.8. The van der Waals surface area contributed by atoms with Gasteiger partial charge in [0.2, 0.25) is 0 Å². The van der Waals surface area contributed by atoms with Crippen molar-refractivity contribution in [3.8, 4) is 19.5 Å². The van der Waals surface area contributed by atoms with Crippen molar-refractivity contribution in [3.05, 3.63) is 96.9 Å². The highest BCUT2D eigenvalue weighted by molar-refractivity contribution is 8.10. The summed E-state index contributed by atoms with van der Waals surface area (Å²) >= 11 is 11.0. The maximum Gasteiger partial charge on any atom is 0.260 e. The van der Waals surface area contributed by atoms with Gasteiger partial charge in [0.15, 0.2) is 0 Å². The van der Waals surface area contributed by atoms with Crippen molar-refractivity contribution in [3.63, 3.8) is 0 Å². The molecule has 3 atom stereocenters. The van der Waals surface area contributed by atoms with Crippen molar-refractivity contribution in [1.29, 1.82) is 0 Å². The quantitative estimate of drug-likeness (QED) is 0.264. The molecule has 5 aliphatic heterocycles. The smallest absolute Gasteiger partial charge is 0.260 e. The number of carbonyl (C=O) groups is 2. The molecule has 0 spiro atoms. The van der Waals surface area contributed by atoms with Crippen LogP contribution in [0.5, 0.6) is 0 Å². The second-order valence-electron chi connectivity index (χ2n) is 10.7. The van der Waals surface area contributed by atoms with Gasteiger partial charge in [-0.1, -0.05) is 24.3 Å². The zero-order chi connectivity index (χ0) is 28.5. The van der Waals surface area contributed by atoms with Crippen molar-refractivity contribution >= 4 is 86.8 Å². The summed E-state index contributed by atoms with van der Waals surface area (Å²) in [5, 5.41) is 5.67. The van der Waals surface area contributed by atoms with Crippen LogP contribution in [0.1, 0.15) is 24.1 Å². The molecule has 42 heavy (non-hydrogen) atoms. The summed E-state index contributed by atoms with van der Waals surface area (Å²) in [6.45, 7) is 0. The first kappa shape index (κ1) is 27.3. The monoisotopic (exact) mass is 662 g/mol. The van der Waals surface area contributed by atoms with Crippen molar-refractivity contribution < 1.29 is 9.59 Å². The number of likely N-dealkylation sites (N-methyl/N-ethyl adjacent to an activating group) is 2. The lowest BCUT2D eigenvalue weighted by Crippen LogP contribution is -2.29. The zero-order valence-corrected chi connectivity index (χ0v) is 27.8. The molecular formula is C32H26N2O2S6. The highest BCUT2D eigenvalue weighted by atomic mass is 32.2. The minimum absolute atomic E-state index is 0.0573. The van der Waals surface area contributed by atoms with Crippen LogP contribution < -0.4 is 0 Å². The largest absolute Gasteiger partial charge is 0.313 e. The van der Waals surface area contributed by atoms with E-state index in [2.05, 4.69) is 65.4 Å². The van der Waals surface area contributed by atoms with Crippen LogP contribution in [0.3, 0.4) is 0 Å². The molecule has 3 unspecified atom stereocenters. The number of hydrogen-bond acceptors (Lipinski definition) is 8.